The minimum Gasteiger partial charge on any atom is -0.504 e. The van der Waals surface area contributed by atoms with Gasteiger partial charge in [0.15, 0.2) is 23.0 Å². The zero-order chi connectivity index (χ0) is 20.6. The van der Waals surface area contributed by atoms with Gasteiger partial charge in [0.2, 0.25) is 5.82 Å². The average Bonchev–Trinajstić information content (AvgIpc) is 3.15. The van der Waals surface area contributed by atoms with Gasteiger partial charge in [0, 0.05) is 25.1 Å². The molecule has 0 amide bonds. The quantitative estimate of drug-likeness (QED) is 0.186. The summed E-state index contributed by atoms with van der Waals surface area (Å²) in [6.07, 6.45) is 4.20. The van der Waals surface area contributed by atoms with Crippen molar-refractivity contribution in [2.75, 3.05) is 25.8 Å². The first-order chi connectivity index (χ1) is 14.2. The molecule has 0 aliphatic heterocycles. The molecule has 3 heterocycles. The van der Waals surface area contributed by atoms with Gasteiger partial charge in [-0.05, 0) is 18.5 Å². The largest absolute Gasteiger partial charge is 0.504 e. The summed E-state index contributed by atoms with van der Waals surface area (Å²) in [7, 11) is 1.44. The number of ether oxygens (including phenoxy) is 2. The molecular weight excluding hydrogens is 396 g/mol. The molecule has 11 nitrogen and oxygen atoms in total. The molecule has 0 radical (unpaired) electrons. The molecule has 0 atom stereocenters. The van der Waals surface area contributed by atoms with Gasteiger partial charge in [-0.3, -0.25) is 4.98 Å². The van der Waals surface area contributed by atoms with Crippen molar-refractivity contribution in [3.05, 3.63) is 24.0 Å². The molecule has 3 aromatic rings. The Bertz CT molecular complexity index is 1110. The number of azo groups is 1. The van der Waals surface area contributed by atoms with E-state index in [4.69, 9.17) is 14.7 Å². The normalized spacial score (nSPS) is 11.3. The molecule has 12 heteroatoms. The average molecular weight is 412 g/mol. The van der Waals surface area contributed by atoms with Crippen molar-refractivity contribution < 1.29 is 14.6 Å². The number of rotatable bonds is 8. The van der Waals surface area contributed by atoms with Gasteiger partial charge in [-0.2, -0.15) is 9.64 Å². The van der Waals surface area contributed by atoms with Gasteiger partial charge in [-0.15, -0.1) is 10.2 Å². The van der Waals surface area contributed by atoms with E-state index in [1.165, 1.54) is 25.8 Å². The number of hydrogen-bond acceptors (Lipinski definition) is 12. The third-order valence-corrected chi connectivity index (χ3v) is 4.28. The molecular formula is C17H16N8O3S. The number of aliphatic imine (C=N–C) groups is 1. The first kappa shape index (κ1) is 20.1. The van der Waals surface area contributed by atoms with E-state index in [0.29, 0.717) is 28.1 Å². The SMILES string of the molecule is CCOCNc1nc(N=Nc2snc3c(C#N)cncc23)c(N=COC)cc1O. The fourth-order valence-corrected chi connectivity index (χ4v) is 2.91. The van der Waals surface area contributed by atoms with Crippen molar-refractivity contribution in [2.45, 2.75) is 6.92 Å². The van der Waals surface area contributed by atoms with E-state index in [1.54, 1.807) is 6.20 Å². The Morgan fingerprint density at radius 1 is 1.38 bits per heavy atom. The van der Waals surface area contributed by atoms with E-state index in [9.17, 15) is 5.11 Å². The lowest BCUT2D eigenvalue weighted by molar-refractivity contribution is 0.166. The molecule has 0 bridgehead atoms. The number of nitrogens with zero attached hydrogens (tertiary/aromatic N) is 7. The third kappa shape index (κ3) is 4.60. The highest BCUT2D eigenvalue weighted by Gasteiger charge is 2.13. The molecule has 29 heavy (non-hydrogen) atoms. The van der Waals surface area contributed by atoms with E-state index in [0.717, 1.165) is 11.5 Å². The van der Waals surface area contributed by atoms with E-state index in [1.807, 2.05) is 13.0 Å². The molecule has 0 aromatic carbocycles. The van der Waals surface area contributed by atoms with Crippen LogP contribution in [0, 0.1) is 11.3 Å². The maximum absolute atomic E-state index is 10.2. The number of aromatic hydroxyl groups is 1. The van der Waals surface area contributed by atoms with E-state index in [-0.39, 0.29) is 29.8 Å². The van der Waals surface area contributed by atoms with Crippen LogP contribution in [0.5, 0.6) is 5.75 Å². The molecule has 0 fully saturated rings. The van der Waals surface area contributed by atoms with Crippen LogP contribution >= 0.6 is 11.5 Å². The summed E-state index contributed by atoms with van der Waals surface area (Å²) in [5.74, 6) is 0.186. The van der Waals surface area contributed by atoms with Gasteiger partial charge < -0.3 is 19.9 Å². The number of hydrogen-bond donors (Lipinski definition) is 2. The summed E-state index contributed by atoms with van der Waals surface area (Å²) in [4.78, 5) is 12.3. The second kappa shape index (κ2) is 9.49. The van der Waals surface area contributed by atoms with Crippen molar-refractivity contribution in [2.24, 2.45) is 15.2 Å². The zero-order valence-electron chi connectivity index (χ0n) is 15.5. The summed E-state index contributed by atoms with van der Waals surface area (Å²) < 4.78 is 14.3. The van der Waals surface area contributed by atoms with Crippen molar-refractivity contribution in [1.29, 1.82) is 5.26 Å². The van der Waals surface area contributed by atoms with Crippen LogP contribution in [-0.2, 0) is 9.47 Å². The summed E-state index contributed by atoms with van der Waals surface area (Å²) in [5, 5.41) is 31.6. The molecule has 0 spiro atoms. The Hall–Kier alpha value is -3.69. The summed E-state index contributed by atoms with van der Waals surface area (Å²) in [6, 6.07) is 3.42. The Labute approximate surface area is 169 Å². The molecule has 3 aromatic heterocycles. The Kier molecular flexibility index (Phi) is 6.56. The van der Waals surface area contributed by atoms with Crippen LogP contribution in [0.15, 0.2) is 33.7 Å². The fourth-order valence-electron chi connectivity index (χ4n) is 2.21. The first-order valence-corrected chi connectivity index (χ1v) is 9.11. The van der Waals surface area contributed by atoms with Crippen LogP contribution < -0.4 is 5.32 Å². The van der Waals surface area contributed by atoms with Crippen molar-refractivity contribution in [3.63, 3.8) is 0 Å². The highest BCUT2D eigenvalue weighted by molar-refractivity contribution is 7.11. The molecule has 148 valence electrons. The summed E-state index contributed by atoms with van der Waals surface area (Å²) in [6.45, 7) is 2.52. The lowest BCUT2D eigenvalue weighted by Gasteiger charge is -2.09. The number of aromatic nitrogens is 3. The van der Waals surface area contributed by atoms with Gasteiger partial charge in [0.25, 0.3) is 0 Å². The molecule has 0 unspecified atom stereocenters. The van der Waals surface area contributed by atoms with Crippen molar-refractivity contribution in [3.8, 4) is 11.8 Å². The second-order valence-corrected chi connectivity index (χ2v) is 6.12. The molecule has 0 saturated carbocycles. The van der Waals surface area contributed by atoms with Gasteiger partial charge in [0.05, 0.1) is 18.1 Å². The lowest BCUT2D eigenvalue weighted by atomic mass is 10.2. The van der Waals surface area contributed by atoms with E-state index >= 15 is 0 Å². The standard InChI is InChI=1S/C17H16N8O3S/c1-3-28-9-21-16-13(26)4-12(20-8-27-2)15(22-16)23-24-17-11-7-19-6-10(5-18)14(11)25-29-17/h4,6-8,26H,3,9H2,1-2H3,(H,21,22). The number of anilines is 1. The van der Waals surface area contributed by atoms with E-state index < -0.39 is 0 Å². The van der Waals surface area contributed by atoms with Crippen LogP contribution in [0.2, 0.25) is 0 Å². The van der Waals surface area contributed by atoms with Crippen molar-refractivity contribution >= 4 is 51.2 Å². The summed E-state index contributed by atoms with van der Waals surface area (Å²) in [5.41, 5.74) is 1.12. The number of pyridine rings is 2. The van der Waals surface area contributed by atoms with Crippen LogP contribution in [0.25, 0.3) is 10.9 Å². The Balaban J connectivity index is 1.99. The molecule has 0 aliphatic carbocycles. The fraction of sp³-hybridized carbons (Fsp3) is 0.235. The Morgan fingerprint density at radius 3 is 3.00 bits per heavy atom. The van der Waals surface area contributed by atoms with Gasteiger partial charge in [-0.1, -0.05) is 0 Å². The second-order valence-electron chi connectivity index (χ2n) is 5.37. The van der Waals surface area contributed by atoms with Crippen LogP contribution in [-0.4, -0.2) is 46.3 Å². The zero-order valence-corrected chi connectivity index (χ0v) is 16.3. The minimum absolute atomic E-state index is 0.127. The Morgan fingerprint density at radius 2 is 2.24 bits per heavy atom. The van der Waals surface area contributed by atoms with Gasteiger partial charge in [-0.25, -0.2) is 9.98 Å². The number of nitrogens with one attached hydrogen (secondary N) is 1. The molecule has 0 saturated heterocycles. The van der Waals surface area contributed by atoms with Gasteiger partial charge >= 0.3 is 0 Å². The maximum Gasteiger partial charge on any atom is 0.202 e. The van der Waals surface area contributed by atoms with Crippen LogP contribution in [0.4, 0.5) is 22.3 Å². The predicted molar refractivity (Wildman–Crippen MR) is 107 cm³/mol. The minimum atomic E-state index is -0.127. The van der Waals surface area contributed by atoms with E-state index in [2.05, 4.69) is 34.9 Å². The highest BCUT2D eigenvalue weighted by Crippen LogP contribution is 2.37. The number of nitriles is 1. The predicted octanol–water partition coefficient (Wildman–Crippen LogP) is 3.79. The third-order valence-electron chi connectivity index (χ3n) is 3.53. The van der Waals surface area contributed by atoms with Crippen molar-refractivity contribution in [1.82, 2.24) is 14.3 Å². The lowest BCUT2D eigenvalue weighted by Crippen LogP contribution is -2.07. The van der Waals surface area contributed by atoms with Gasteiger partial charge in [0.1, 0.15) is 24.0 Å². The number of methoxy groups -OCH3 is 1. The smallest absolute Gasteiger partial charge is 0.202 e. The molecule has 3 rings (SSSR count). The monoisotopic (exact) mass is 412 g/mol. The first-order valence-electron chi connectivity index (χ1n) is 8.34. The molecule has 0 aliphatic rings. The topological polar surface area (TPSA) is 150 Å². The summed E-state index contributed by atoms with van der Waals surface area (Å²) >= 11 is 1.08. The maximum atomic E-state index is 10.2. The van der Waals surface area contributed by atoms with Crippen LogP contribution in [0.3, 0.4) is 0 Å². The van der Waals surface area contributed by atoms with Crippen LogP contribution in [0.1, 0.15) is 12.5 Å². The highest BCUT2D eigenvalue weighted by atomic mass is 32.1. The molecule has 2 N–H and O–H groups in total. The number of fused-ring (bicyclic) bond motifs is 1.